The van der Waals surface area contributed by atoms with Gasteiger partial charge in [-0.1, -0.05) is 0 Å². The van der Waals surface area contributed by atoms with Gasteiger partial charge in [-0.15, -0.1) is 0 Å². The second kappa shape index (κ2) is 22.8. The Kier molecular flexibility index (Phi) is 18.5. The molecule has 29 heteroatoms. The Bertz CT molecular complexity index is 1440. The molecule has 64 heavy (non-hydrogen) atoms. The highest BCUT2D eigenvalue weighted by atomic mass is 16.8. The van der Waals surface area contributed by atoms with Crippen molar-refractivity contribution in [1.29, 1.82) is 0 Å². The van der Waals surface area contributed by atoms with E-state index in [0.717, 1.165) is 0 Å². The van der Waals surface area contributed by atoms with Crippen LogP contribution in [0.1, 0.15) is 0 Å². The molecule has 0 amide bonds. The molecule has 16 N–H and O–H groups in total. The first-order chi connectivity index (χ1) is 30.4. The van der Waals surface area contributed by atoms with Crippen LogP contribution in [0.2, 0.25) is 0 Å². The van der Waals surface area contributed by atoms with E-state index >= 15 is 0 Å². The Balaban J connectivity index is 0.890. The molecule has 6 heterocycles. The van der Waals surface area contributed by atoms with Crippen LogP contribution in [0.3, 0.4) is 0 Å². The number of rotatable bonds is 22. The summed E-state index contributed by atoms with van der Waals surface area (Å²) in [5.74, 6) is 0. The van der Waals surface area contributed by atoms with Crippen molar-refractivity contribution in [2.24, 2.45) is 0 Å². The summed E-state index contributed by atoms with van der Waals surface area (Å²) in [7, 11) is 0. The fourth-order valence-electron chi connectivity index (χ4n) is 7.50. The average molecular weight is 943 g/mol. The van der Waals surface area contributed by atoms with Crippen LogP contribution < -0.4 is 0 Å². The highest BCUT2D eigenvalue weighted by Gasteiger charge is 2.52. The van der Waals surface area contributed by atoms with Gasteiger partial charge in [0.1, 0.15) is 128 Å². The van der Waals surface area contributed by atoms with Crippen molar-refractivity contribution in [2.75, 3.05) is 46.2 Å². The van der Waals surface area contributed by atoms with Gasteiger partial charge in [0, 0.05) is 0 Å². The molecule has 6 aliphatic rings. The van der Waals surface area contributed by atoms with Crippen LogP contribution in [0.15, 0.2) is 0 Å². The van der Waals surface area contributed by atoms with E-state index in [0.29, 0.717) is 0 Å². The second-order valence-corrected chi connectivity index (χ2v) is 16.0. The van der Waals surface area contributed by atoms with E-state index in [4.69, 9.17) is 56.8 Å². The van der Waals surface area contributed by atoms with E-state index in [-0.39, 0.29) is 6.29 Å². The molecule has 0 radical (unpaired) electrons. The number of aldehydes is 1. The van der Waals surface area contributed by atoms with Crippen LogP contribution >= 0.6 is 0 Å². The third kappa shape index (κ3) is 11.5. The molecule has 0 spiro atoms. The lowest BCUT2D eigenvalue weighted by Gasteiger charge is -2.22. The lowest BCUT2D eigenvalue weighted by molar-refractivity contribution is -0.230. The average Bonchev–Trinajstić information content (AvgIpc) is 4.06. The Labute approximate surface area is 361 Å². The molecule has 372 valence electrons. The molecule has 6 aliphatic heterocycles. The highest BCUT2D eigenvalue weighted by molar-refractivity contribution is 5.56. The van der Waals surface area contributed by atoms with E-state index in [1.54, 1.807) is 0 Å². The SMILES string of the molecule is O=C[C@H](O)[C@@H](O)[C@@H](O)CO[C@@H]1O[C@@H](CO[C@@H]2O[C@@H](CO[C@@H]3O[C@@H](CO[C@@H]4O[C@@H](CO[C@@H]5O[C@@H](CO[C@@H]6O[C@@H](CO)[C@H](O)[C@H]6O)[C@H](O)[C@H]5O)[C@H](O)[C@H]4O)[C@H](O)[C@H]3O)[C@H](O)[C@H]2O)[C@H](O)[C@H]1O. The maximum absolute atomic E-state index is 10.6. The summed E-state index contributed by atoms with van der Waals surface area (Å²) in [6.45, 7) is -3.88. The summed E-state index contributed by atoms with van der Waals surface area (Å²) >= 11 is 0. The standard InChI is InChI=1S/C35H58O29/c36-1-9(38)17(40)10(39)3-53-30-25(48)19(42)12(60-30)5-55-32-27(50)21(44)14(62-32)7-57-34-29(52)23(46)16(64-34)8-58-35-28(51)22(45)15(63-35)6-56-33-26(49)20(43)13(61-33)4-54-31-24(47)18(41)11(2-37)59-31/h1,9-35,37-52H,2-8H2/t9-,10-,11-,12-,13-,14-,15-,16-,17+,18-,19-,20-,21-,22-,23-,24+,25+,26+,27+,28+,29+,30+,31+,32+,33+,34+,35+/m0/s1. The lowest BCUT2D eigenvalue weighted by atomic mass is 10.1. The predicted octanol–water partition coefficient (Wildman–Crippen LogP) is -12.0. The molecular formula is C35H58O29. The molecule has 0 aromatic rings. The van der Waals surface area contributed by atoms with E-state index < -0.39 is 212 Å². The summed E-state index contributed by atoms with van der Waals surface area (Å²) in [6, 6.07) is 0. The molecular weight excluding hydrogens is 884 g/mol. The van der Waals surface area contributed by atoms with Gasteiger partial charge in [-0.25, -0.2) is 0 Å². The maximum atomic E-state index is 10.6. The first-order valence-corrected chi connectivity index (χ1v) is 20.3. The van der Waals surface area contributed by atoms with E-state index in [1.165, 1.54) is 0 Å². The number of hydrogen-bond acceptors (Lipinski definition) is 29. The predicted molar refractivity (Wildman–Crippen MR) is 191 cm³/mol. The Hall–Kier alpha value is -1.45. The number of ether oxygens (including phenoxy) is 12. The van der Waals surface area contributed by atoms with Crippen molar-refractivity contribution < 1.29 is 143 Å². The highest BCUT2D eigenvalue weighted by Crippen LogP contribution is 2.32. The maximum Gasteiger partial charge on any atom is 0.186 e. The fourth-order valence-corrected chi connectivity index (χ4v) is 7.50. The minimum atomic E-state index is -1.91. The third-order valence-electron chi connectivity index (χ3n) is 11.5. The molecule has 6 fully saturated rings. The number of hydrogen-bond donors (Lipinski definition) is 16. The molecule has 6 rings (SSSR count). The summed E-state index contributed by atoms with van der Waals surface area (Å²) in [5.41, 5.74) is 0. The zero-order chi connectivity index (χ0) is 46.7. The molecule has 0 bridgehead atoms. The summed E-state index contributed by atoms with van der Waals surface area (Å²) in [5, 5.41) is 163. The molecule has 29 nitrogen and oxygen atoms in total. The quantitative estimate of drug-likeness (QED) is 0.0448. The largest absolute Gasteiger partial charge is 0.394 e. The zero-order valence-corrected chi connectivity index (χ0v) is 33.6. The van der Waals surface area contributed by atoms with E-state index in [2.05, 4.69) is 0 Å². The van der Waals surface area contributed by atoms with Gasteiger partial charge in [0.2, 0.25) is 0 Å². The van der Waals surface area contributed by atoms with Gasteiger partial charge >= 0.3 is 0 Å². The van der Waals surface area contributed by atoms with Gasteiger partial charge in [-0.3, -0.25) is 0 Å². The Morgan fingerprint density at radius 3 is 0.844 bits per heavy atom. The first-order valence-electron chi connectivity index (χ1n) is 20.3. The van der Waals surface area contributed by atoms with E-state index in [1.807, 2.05) is 0 Å². The minimum Gasteiger partial charge on any atom is -0.394 e. The van der Waals surface area contributed by atoms with Crippen molar-refractivity contribution in [3.05, 3.63) is 0 Å². The molecule has 27 atom stereocenters. The number of aliphatic hydroxyl groups is 16. The zero-order valence-electron chi connectivity index (χ0n) is 33.6. The Morgan fingerprint density at radius 2 is 0.609 bits per heavy atom. The lowest BCUT2D eigenvalue weighted by Crippen LogP contribution is -2.42. The number of carbonyl (C=O) groups is 1. The first kappa shape index (κ1) is 51.9. The van der Waals surface area contributed by atoms with Crippen LogP contribution in [0.4, 0.5) is 0 Å². The fraction of sp³-hybridized carbons (Fsp3) is 0.971. The van der Waals surface area contributed by atoms with Gasteiger partial charge in [-0.05, 0) is 0 Å². The van der Waals surface area contributed by atoms with Gasteiger partial charge in [-0.2, -0.15) is 0 Å². The third-order valence-corrected chi connectivity index (χ3v) is 11.5. The smallest absolute Gasteiger partial charge is 0.186 e. The summed E-state index contributed by atoms with van der Waals surface area (Å²) in [4.78, 5) is 10.6. The molecule has 0 aromatic heterocycles. The van der Waals surface area contributed by atoms with Crippen LogP contribution in [-0.4, -0.2) is 300 Å². The van der Waals surface area contributed by atoms with Crippen LogP contribution in [-0.2, 0) is 61.6 Å². The molecule has 0 aromatic carbocycles. The summed E-state index contributed by atoms with van der Waals surface area (Å²) < 4.78 is 65.2. The van der Waals surface area contributed by atoms with Gasteiger partial charge in [0.15, 0.2) is 44.0 Å². The van der Waals surface area contributed by atoms with Crippen LogP contribution in [0, 0.1) is 0 Å². The molecule has 0 saturated carbocycles. The Morgan fingerprint density at radius 1 is 0.375 bits per heavy atom. The van der Waals surface area contributed by atoms with E-state index in [9.17, 15) is 86.5 Å². The normalized spacial score (nSPS) is 48.6. The molecule has 6 saturated heterocycles. The van der Waals surface area contributed by atoms with Crippen molar-refractivity contribution in [1.82, 2.24) is 0 Å². The summed E-state index contributed by atoms with van der Waals surface area (Å²) in [6.07, 6.45) is -41.4. The second-order valence-electron chi connectivity index (χ2n) is 16.0. The van der Waals surface area contributed by atoms with Gasteiger partial charge in [0.25, 0.3) is 0 Å². The topological polar surface area (TPSA) is 452 Å². The minimum absolute atomic E-state index is 0.00834. The van der Waals surface area contributed by atoms with Crippen LogP contribution in [0.25, 0.3) is 0 Å². The number of aliphatic hydroxyl groups excluding tert-OH is 16. The van der Waals surface area contributed by atoms with Gasteiger partial charge < -0.3 is 143 Å². The van der Waals surface area contributed by atoms with Gasteiger partial charge in [0.05, 0.1) is 46.2 Å². The van der Waals surface area contributed by atoms with Crippen molar-refractivity contribution >= 4 is 6.29 Å². The van der Waals surface area contributed by atoms with Crippen molar-refractivity contribution in [3.8, 4) is 0 Å². The van der Waals surface area contributed by atoms with Crippen molar-refractivity contribution in [3.63, 3.8) is 0 Å². The molecule has 0 unspecified atom stereocenters. The molecule has 0 aliphatic carbocycles. The van der Waals surface area contributed by atoms with Crippen LogP contribution in [0.5, 0.6) is 0 Å². The van der Waals surface area contributed by atoms with Crippen molar-refractivity contribution in [2.45, 2.75) is 166 Å². The number of carbonyl (C=O) groups excluding carboxylic acids is 1. The monoisotopic (exact) mass is 942 g/mol.